The SMILES string of the molecule is C=C=O.CCOC(C)OCC.CCOP(=S)(OCC)OP(=S)(OCC)OCC. The van der Waals surface area contributed by atoms with Crippen molar-refractivity contribution in [2.45, 2.75) is 54.8 Å². The fourth-order valence-corrected chi connectivity index (χ4v) is 7.81. The minimum Gasteiger partial charge on any atom is -0.353 e. The van der Waals surface area contributed by atoms with Crippen LogP contribution in [0.15, 0.2) is 6.58 Å². The highest BCUT2D eigenvalue weighted by Crippen LogP contribution is 2.66. The summed E-state index contributed by atoms with van der Waals surface area (Å²) in [6.45, 7) is 13.0. The van der Waals surface area contributed by atoms with Crippen LogP contribution >= 0.6 is 13.4 Å². The van der Waals surface area contributed by atoms with Crippen LogP contribution in [0.2, 0.25) is 0 Å². The van der Waals surface area contributed by atoms with E-state index in [1.54, 1.807) is 0 Å². The number of rotatable bonds is 14. The Hall–Kier alpha value is 0.470. The van der Waals surface area contributed by atoms with E-state index in [1.165, 1.54) is 5.94 Å². The van der Waals surface area contributed by atoms with Gasteiger partial charge in [-0.25, -0.2) is 9.11 Å². The molecule has 12 heteroatoms. The van der Waals surface area contributed by atoms with Gasteiger partial charge in [-0.2, -0.15) is 0 Å². The average Bonchev–Trinajstić information content (AvgIpc) is 2.57. The quantitative estimate of drug-likeness (QED) is 0.191. The van der Waals surface area contributed by atoms with Gasteiger partial charge in [0.15, 0.2) is 6.29 Å². The maximum Gasteiger partial charge on any atom is 0.334 e. The Balaban J connectivity index is -0.000000471. The molecule has 0 atom stereocenters. The third-order valence-corrected chi connectivity index (χ3v) is 8.51. The summed E-state index contributed by atoms with van der Waals surface area (Å²) in [5.41, 5.74) is 0. The second kappa shape index (κ2) is 22.2. The number of hydrogen-bond donors (Lipinski definition) is 0. The van der Waals surface area contributed by atoms with Crippen molar-refractivity contribution in [1.82, 2.24) is 0 Å². The Morgan fingerprint density at radius 3 is 1.18 bits per heavy atom. The minimum absolute atomic E-state index is 0.0370. The Morgan fingerprint density at radius 1 is 0.750 bits per heavy atom. The summed E-state index contributed by atoms with van der Waals surface area (Å²) in [7, 11) is 0. The van der Waals surface area contributed by atoms with Gasteiger partial charge in [-0.05, 0) is 78.7 Å². The van der Waals surface area contributed by atoms with Gasteiger partial charge in [0.2, 0.25) is 0 Å². The third kappa shape index (κ3) is 21.2. The molecule has 0 saturated carbocycles. The predicted octanol–water partition coefficient (Wildman–Crippen LogP) is 5.01. The molecule has 8 nitrogen and oxygen atoms in total. The molecule has 0 saturated heterocycles. The van der Waals surface area contributed by atoms with E-state index in [2.05, 4.69) is 6.58 Å². The summed E-state index contributed by atoms with van der Waals surface area (Å²) in [6.07, 6.45) is -0.0370. The van der Waals surface area contributed by atoms with E-state index in [0.717, 1.165) is 13.2 Å². The summed E-state index contributed by atoms with van der Waals surface area (Å²) >= 11 is 10.4. The molecule has 0 spiro atoms. The largest absolute Gasteiger partial charge is 0.353 e. The molecule has 0 unspecified atom stereocenters. The molecule has 0 fully saturated rings. The van der Waals surface area contributed by atoms with E-state index < -0.39 is 13.4 Å². The van der Waals surface area contributed by atoms with Gasteiger partial charge in [-0.15, -0.1) is 0 Å². The Bertz CT molecular complexity index is 420. The molecular formula is C16H36O8P2S2. The lowest BCUT2D eigenvalue weighted by Crippen LogP contribution is -2.11. The van der Waals surface area contributed by atoms with Crippen molar-refractivity contribution in [3.05, 3.63) is 6.58 Å². The zero-order valence-electron chi connectivity index (χ0n) is 18.0. The van der Waals surface area contributed by atoms with Gasteiger partial charge in [0.25, 0.3) is 0 Å². The van der Waals surface area contributed by atoms with Gasteiger partial charge in [0.05, 0.1) is 26.4 Å². The molecule has 0 bridgehead atoms. The van der Waals surface area contributed by atoms with Crippen LogP contribution in [0.1, 0.15) is 48.5 Å². The summed E-state index contributed by atoms with van der Waals surface area (Å²) in [6, 6.07) is 0. The smallest absolute Gasteiger partial charge is 0.334 e. The minimum atomic E-state index is -2.87. The Morgan fingerprint density at radius 2 is 1.00 bits per heavy atom. The molecule has 0 aromatic heterocycles. The first-order valence-electron chi connectivity index (χ1n) is 9.04. The van der Waals surface area contributed by atoms with Gasteiger partial charge in [-0.1, -0.05) is 0 Å². The molecule has 0 aliphatic heterocycles. The fraction of sp³-hybridized carbons (Fsp3) is 0.875. The highest BCUT2D eigenvalue weighted by Gasteiger charge is 2.31. The van der Waals surface area contributed by atoms with E-state index in [1.807, 2.05) is 48.5 Å². The molecule has 0 N–H and O–H groups in total. The zero-order chi connectivity index (χ0) is 22.5. The van der Waals surface area contributed by atoms with Crippen LogP contribution in [0.5, 0.6) is 0 Å². The van der Waals surface area contributed by atoms with Crippen LogP contribution in [-0.2, 0) is 60.3 Å². The number of ether oxygens (including phenoxy) is 2. The molecule has 0 amide bonds. The molecule has 0 aromatic carbocycles. The monoisotopic (exact) mass is 482 g/mol. The second-order valence-electron chi connectivity index (χ2n) is 4.27. The zero-order valence-corrected chi connectivity index (χ0v) is 21.4. The molecule has 0 heterocycles. The van der Waals surface area contributed by atoms with Crippen molar-refractivity contribution in [3.8, 4) is 0 Å². The lowest BCUT2D eigenvalue weighted by atomic mass is 10.7. The first kappa shape index (κ1) is 33.1. The van der Waals surface area contributed by atoms with Crippen LogP contribution < -0.4 is 0 Å². The Labute approximate surface area is 180 Å². The van der Waals surface area contributed by atoms with Crippen molar-refractivity contribution < 1.29 is 36.7 Å². The van der Waals surface area contributed by atoms with E-state index in [4.69, 9.17) is 60.3 Å². The van der Waals surface area contributed by atoms with Gasteiger partial charge in [0, 0.05) is 13.2 Å². The van der Waals surface area contributed by atoms with E-state index in [0.29, 0.717) is 26.4 Å². The van der Waals surface area contributed by atoms with Crippen LogP contribution in [0, 0.1) is 0 Å². The topological polar surface area (TPSA) is 81.7 Å². The van der Waals surface area contributed by atoms with Gasteiger partial charge >= 0.3 is 13.4 Å². The number of hydrogen-bond acceptors (Lipinski definition) is 10. The van der Waals surface area contributed by atoms with Crippen molar-refractivity contribution in [2.75, 3.05) is 39.6 Å². The van der Waals surface area contributed by atoms with Crippen LogP contribution in [0.3, 0.4) is 0 Å². The van der Waals surface area contributed by atoms with Crippen LogP contribution in [0.4, 0.5) is 0 Å². The second-order valence-corrected chi connectivity index (χ2v) is 10.4. The van der Waals surface area contributed by atoms with E-state index in [-0.39, 0.29) is 6.29 Å². The summed E-state index contributed by atoms with van der Waals surface area (Å²) < 4.78 is 37.0. The highest BCUT2D eigenvalue weighted by molar-refractivity contribution is 8.14. The van der Waals surface area contributed by atoms with Crippen molar-refractivity contribution in [2.24, 2.45) is 0 Å². The predicted molar refractivity (Wildman–Crippen MR) is 120 cm³/mol. The molecule has 0 aliphatic rings. The number of carbonyl (C=O) groups excluding carboxylic acids is 1. The van der Waals surface area contributed by atoms with Crippen LogP contribution in [-0.4, -0.2) is 51.9 Å². The maximum atomic E-state index is 8.57. The normalized spacial score (nSPS) is 11.1. The molecule has 0 radical (unpaired) electrons. The lowest BCUT2D eigenvalue weighted by Gasteiger charge is -2.27. The molecule has 28 heavy (non-hydrogen) atoms. The van der Waals surface area contributed by atoms with Gasteiger partial charge in [0.1, 0.15) is 5.94 Å². The van der Waals surface area contributed by atoms with Crippen molar-refractivity contribution in [3.63, 3.8) is 0 Å². The fourth-order valence-electron chi connectivity index (χ4n) is 1.44. The first-order chi connectivity index (χ1) is 13.2. The van der Waals surface area contributed by atoms with Crippen molar-refractivity contribution >= 4 is 43.0 Å². The molecule has 170 valence electrons. The average molecular weight is 483 g/mol. The summed E-state index contributed by atoms with van der Waals surface area (Å²) in [5, 5.41) is 0. The molecule has 0 aromatic rings. The lowest BCUT2D eigenvalue weighted by molar-refractivity contribution is -0.123. The van der Waals surface area contributed by atoms with Crippen LogP contribution in [0.25, 0.3) is 0 Å². The van der Waals surface area contributed by atoms with E-state index >= 15 is 0 Å². The molecular weight excluding hydrogens is 446 g/mol. The maximum absolute atomic E-state index is 8.57. The first-order valence-corrected chi connectivity index (χ1v) is 14.2. The van der Waals surface area contributed by atoms with Gasteiger partial charge in [-0.3, -0.25) is 0 Å². The molecule has 0 aliphatic carbocycles. The summed E-state index contributed by atoms with van der Waals surface area (Å²) in [5.74, 6) is 1.25. The molecule has 0 rings (SSSR count). The van der Waals surface area contributed by atoms with Gasteiger partial charge < -0.3 is 27.6 Å². The summed E-state index contributed by atoms with van der Waals surface area (Å²) in [4.78, 5) is 8.57. The highest BCUT2D eigenvalue weighted by atomic mass is 32.5. The standard InChI is InChI=1S/C8H20O5P2S2.C6H14O2.C2H2O/c1-5-9-14(16,10-6-2)13-15(17,11-7-3)12-8-4;1-4-7-6(3)8-5-2;1-2-3/h5-8H2,1-4H3;6H,4-5H2,1-3H3;1H2. The van der Waals surface area contributed by atoms with E-state index in [9.17, 15) is 0 Å². The third-order valence-electron chi connectivity index (χ3n) is 2.15. The Kier molecular flexibility index (Phi) is 26.2. The van der Waals surface area contributed by atoms with Crippen molar-refractivity contribution in [1.29, 1.82) is 0 Å².